The van der Waals surface area contributed by atoms with Crippen LogP contribution in [0.5, 0.6) is 0 Å². The molecule has 0 bridgehead atoms. The fourth-order valence-corrected chi connectivity index (χ4v) is 3.85. The number of unbranched alkanes of at least 4 members (excludes halogenated alkanes) is 1. The van der Waals surface area contributed by atoms with Gasteiger partial charge in [-0.15, -0.1) is 0 Å². The fraction of sp³-hybridized carbons (Fsp3) is 0.846. The maximum Gasteiger partial charge on any atom is 0.0518 e. The lowest BCUT2D eigenvalue weighted by Crippen LogP contribution is -2.19. The Morgan fingerprint density at radius 1 is 1.20 bits per heavy atom. The largest absolute Gasteiger partial charge is 0.378 e. The Morgan fingerprint density at radius 2 is 1.80 bits per heavy atom. The van der Waals surface area contributed by atoms with Gasteiger partial charge in [-0.1, -0.05) is 44.9 Å². The van der Waals surface area contributed by atoms with Gasteiger partial charge < -0.3 is 4.90 Å². The molecule has 15 heavy (non-hydrogen) atoms. The molecule has 0 amide bonds. The molecule has 0 unspecified atom stereocenters. The molecule has 0 atom stereocenters. The molecule has 1 nitrogen and oxygen atoms in total. The van der Waals surface area contributed by atoms with Gasteiger partial charge in [0, 0.05) is 13.1 Å². The van der Waals surface area contributed by atoms with Crippen LogP contribution in [0.25, 0.3) is 0 Å². The van der Waals surface area contributed by atoms with Crippen molar-refractivity contribution in [3.05, 3.63) is 11.4 Å². The summed E-state index contributed by atoms with van der Waals surface area (Å²) in [6.07, 6.45) is 5.23. The number of hydrogen-bond donors (Lipinski definition) is 0. The molecule has 2 heteroatoms. The summed E-state index contributed by atoms with van der Waals surface area (Å²) in [5, 5.41) is 1.76. The van der Waals surface area contributed by atoms with Crippen molar-refractivity contribution in [3.63, 3.8) is 0 Å². The molecule has 0 aliphatic carbocycles. The lowest BCUT2D eigenvalue weighted by atomic mass is 10.2. The summed E-state index contributed by atoms with van der Waals surface area (Å²) in [4.78, 5) is 2.44. The maximum atomic E-state index is 2.45. The molecular weight excluding hydrogens is 198 g/mol. The first kappa shape index (κ1) is 14.8. The average Bonchev–Trinajstić information content (AvgIpc) is 2.23. The standard InChI is InChI=1S/C13H29NSi/c1-6-9-10-15-13(12(4)5)11-14(7-2)8-3/h11-12H,6-10,15H2,1-5H3. The lowest BCUT2D eigenvalue weighted by molar-refractivity contribution is 0.414. The molecule has 0 aromatic heterocycles. The average molecular weight is 227 g/mol. The Balaban J connectivity index is 4.23. The molecule has 0 aromatic carbocycles. The smallest absolute Gasteiger partial charge is 0.0518 e. The highest BCUT2D eigenvalue weighted by atomic mass is 28.2. The predicted octanol–water partition coefficient (Wildman–Crippen LogP) is 3.21. The lowest BCUT2D eigenvalue weighted by Gasteiger charge is -2.20. The molecule has 0 saturated heterocycles. The van der Waals surface area contributed by atoms with Crippen LogP contribution in [0, 0.1) is 5.92 Å². The number of hydrogen-bond acceptors (Lipinski definition) is 1. The van der Waals surface area contributed by atoms with Gasteiger partial charge in [0.05, 0.1) is 9.52 Å². The topological polar surface area (TPSA) is 3.24 Å². The Bertz CT molecular complexity index is 171. The van der Waals surface area contributed by atoms with Crippen molar-refractivity contribution in [1.29, 1.82) is 0 Å². The van der Waals surface area contributed by atoms with Crippen LogP contribution in [-0.4, -0.2) is 27.5 Å². The van der Waals surface area contributed by atoms with Crippen LogP contribution in [0.4, 0.5) is 0 Å². The van der Waals surface area contributed by atoms with Crippen molar-refractivity contribution < 1.29 is 0 Å². The third-order valence-corrected chi connectivity index (χ3v) is 5.40. The van der Waals surface area contributed by atoms with Gasteiger partial charge >= 0.3 is 0 Å². The highest BCUT2D eigenvalue weighted by molar-refractivity contribution is 6.45. The van der Waals surface area contributed by atoms with Gasteiger partial charge in [0.2, 0.25) is 0 Å². The number of allylic oxidation sites excluding steroid dienone is 1. The van der Waals surface area contributed by atoms with E-state index < -0.39 is 0 Å². The van der Waals surface area contributed by atoms with Crippen LogP contribution < -0.4 is 0 Å². The molecule has 0 spiro atoms. The maximum absolute atomic E-state index is 2.45. The summed E-state index contributed by atoms with van der Waals surface area (Å²) < 4.78 is 0. The minimum atomic E-state index is 0.0248. The van der Waals surface area contributed by atoms with E-state index in [9.17, 15) is 0 Å². The zero-order valence-corrected chi connectivity index (χ0v) is 12.8. The van der Waals surface area contributed by atoms with Gasteiger partial charge in [-0.25, -0.2) is 0 Å². The number of nitrogens with zero attached hydrogens (tertiary/aromatic N) is 1. The molecule has 0 aromatic rings. The monoisotopic (exact) mass is 227 g/mol. The van der Waals surface area contributed by atoms with E-state index in [4.69, 9.17) is 0 Å². The number of rotatable bonds is 8. The van der Waals surface area contributed by atoms with Gasteiger partial charge in [0.25, 0.3) is 0 Å². The first-order valence-corrected chi connectivity index (χ1v) is 8.30. The second-order valence-electron chi connectivity index (χ2n) is 4.54. The summed E-state index contributed by atoms with van der Waals surface area (Å²) in [7, 11) is 0.0248. The van der Waals surface area contributed by atoms with E-state index in [0.717, 1.165) is 19.0 Å². The summed E-state index contributed by atoms with van der Waals surface area (Å²) >= 11 is 0. The van der Waals surface area contributed by atoms with E-state index in [-0.39, 0.29) is 9.52 Å². The first-order valence-electron chi connectivity index (χ1n) is 6.60. The van der Waals surface area contributed by atoms with Gasteiger partial charge in [0.15, 0.2) is 0 Å². The Kier molecular flexibility index (Phi) is 8.87. The van der Waals surface area contributed by atoms with E-state index in [1.807, 2.05) is 0 Å². The molecule has 0 aliphatic rings. The molecule has 90 valence electrons. The summed E-state index contributed by atoms with van der Waals surface area (Å²) in [6.45, 7) is 13.8. The van der Waals surface area contributed by atoms with Gasteiger partial charge in [-0.3, -0.25) is 0 Å². The molecule has 0 fully saturated rings. The fourth-order valence-electron chi connectivity index (χ4n) is 1.72. The minimum absolute atomic E-state index is 0.0248. The second kappa shape index (κ2) is 9.02. The van der Waals surface area contributed by atoms with Crippen molar-refractivity contribution in [2.45, 2.75) is 53.5 Å². The molecule has 0 aliphatic heterocycles. The van der Waals surface area contributed by atoms with Crippen molar-refractivity contribution >= 4 is 9.52 Å². The molecule has 0 N–H and O–H groups in total. The minimum Gasteiger partial charge on any atom is -0.378 e. The SMILES string of the molecule is CCCC[SiH2]C(=CN(CC)CC)C(C)C. The van der Waals surface area contributed by atoms with Crippen LogP contribution in [0.2, 0.25) is 6.04 Å². The highest BCUT2D eigenvalue weighted by Crippen LogP contribution is 2.12. The van der Waals surface area contributed by atoms with E-state index in [1.54, 1.807) is 5.20 Å². The third kappa shape index (κ3) is 6.77. The first-order chi connectivity index (χ1) is 7.15. The van der Waals surface area contributed by atoms with Crippen LogP contribution >= 0.6 is 0 Å². The van der Waals surface area contributed by atoms with Crippen LogP contribution in [0.15, 0.2) is 11.4 Å². The van der Waals surface area contributed by atoms with Crippen LogP contribution in [0.1, 0.15) is 47.5 Å². The normalized spacial score (nSPS) is 13.1. The van der Waals surface area contributed by atoms with Crippen molar-refractivity contribution in [2.24, 2.45) is 5.92 Å². The van der Waals surface area contributed by atoms with Crippen molar-refractivity contribution in [2.75, 3.05) is 13.1 Å². The summed E-state index contributed by atoms with van der Waals surface area (Å²) in [5.41, 5.74) is 0. The van der Waals surface area contributed by atoms with Gasteiger partial charge in [-0.05, 0) is 26.0 Å². The van der Waals surface area contributed by atoms with E-state index >= 15 is 0 Å². The zero-order chi connectivity index (χ0) is 11.7. The Morgan fingerprint density at radius 3 is 2.20 bits per heavy atom. The third-order valence-electron chi connectivity index (χ3n) is 2.97. The zero-order valence-electron chi connectivity index (χ0n) is 11.3. The quantitative estimate of drug-likeness (QED) is 0.455. The highest BCUT2D eigenvalue weighted by Gasteiger charge is 2.05. The molecule has 0 radical (unpaired) electrons. The second-order valence-corrected chi connectivity index (χ2v) is 6.56. The summed E-state index contributed by atoms with van der Waals surface area (Å²) in [5.74, 6) is 0.758. The Labute approximate surface area is 98.8 Å². The van der Waals surface area contributed by atoms with E-state index in [2.05, 4.69) is 45.7 Å². The van der Waals surface area contributed by atoms with E-state index in [0.29, 0.717) is 0 Å². The molecule has 0 rings (SSSR count). The molecule has 0 heterocycles. The van der Waals surface area contributed by atoms with Crippen molar-refractivity contribution in [1.82, 2.24) is 4.90 Å². The predicted molar refractivity (Wildman–Crippen MR) is 74.1 cm³/mol. The van der Waals surface area contributed by atoms with Gasteiger partial charge in [0.1, 0.15) is 0 Å². The van der Waals surface area contributed by atoms with E-state index in [1.165, 1.54) is 18.9 Å². The summed E-state index contributed by atoms with van der Waals surface area (Å²) in [6, 6.07) is 1.49. The van der Waals surface area contributed by atoms with Crippen molar-refractivity contribution in [3.8, 4) is 0 Å². The molecule has 0 saturated carbocycles. The van der Waals surface area contributed by atoms with Crippen LogP contribution in [-0.2, 0) is 0 Å². The van der Waals surface area contributed by atoms with Crippen LogP contribution in [0.3, 0.4) is 0 Å². The van der Waals surface area contributed by atoms with Gasteiger partial charge in [-0.2, -0.15) is 0 Å². The molecular formula is C13H29NSi. The Hall–Kier alpha value is -0.243.